The second-order valence-electron chi connectivity index (χ2n) is 8.35. The fraction of sp³-hybridized carbons (Fsp3) is 0.417. The summed E-state index contributed by atoms with van der Waals surface area (Å²) in [6, 6.07) is 11.0. The lowest BCUT2D eigenvalue weighted by Crippen LogP contribution is -2.46. The van der Waals surface area contributed by atoms with Crippen LogP contribution in [0.2, 0.25) is 0 Å². The zero-order valence-electron chi connectivity index (χ0n) is 19.7. The molecule has 0 fully saturated rings. The van der Waals surface area contributed by atoms with Crippen LogP contribution >= 0.6 is 0 Å². The van der Waals surface area contributed by atoms with Crippen LogP contribution in [0.4, 0.5) is 11.4 Å². The van der Waals surface area contributed by atoms with Gasteiger partial charge in [-0.05, 0) is 49.2 Å². The number of fused-ring (bicyclic) bond motifs is 1. The minimum atomic E-state index is -3.58. The number of carbonyl (C=O) groups excluding carboxylic acids is 2. The van der Waals surface area contributed by atoms with Gasteiger partial charge in [0.25, 0.3) is 11.8 Å². The minimum Gasteiger partial charge on any atom is -0.479 e. The SMILES string of the molecule is CCN(CC)S(=O)(=O)c1ccc(C(=O)Nc2ccc3c(c2)OC(C)C(=O)N3CC(C)C)cc1. The van der Waals surface area contributed by atoms with Crippen molar-refractivity contribution < 1.29 is 22.7 Å². The maximum atomic E-state index is 12.7. The van der Waals surface area contributed by atoms with E-state index < -0.39 is 16.1 Å². The molecule has 1 heterocycles. The number of benzene rings is 2. The average molecular weight is 474 g/mol. The van der Waals surface area contributed by atoms with Crippen molar-refractivity contribution in [3.05, 3.63) is 48.0 Å². The van der Waals surface area contributed by atoms with Gasteiger partial charge in [0.15, 0.2) is 6.10 Å². The lowest BCUT2D eigenvalue weighted by atomic mass is 10.1. The lowest BCUT2D eigenvalue weighted by Gasteiger charge is -2.34. The maximum absolute atomic E-state index is 12.7. The minimum absolute atomic E-state index is 0.0901. The van der Waals surface area contributed by atoms with Crippen LogP contribution in [0.3, 0.4) is 0 Å². The summed E-state index contributed by atoms with van der Waals surface area (Å²) in [4.78, 5) is 27.1. The molecule has 1 N–H and O–H groups in total. The summed E-state index contributed by atoms with van der Waals surface area (Å²) in [6.45, 7) is 10.7. The van der Waals surface area contributed by atoms with Gasteiger partial charge in [-0.2, -0.15) is 4.31 Å². The second-order valence-corrected chi connectivity index (χ2v) is 10.3. The number of ether oxygens (including phenoxy) is 1. The van der Waals surface area contributed by atoms with Crippen LogP contribution in [0.1, 0.15) is 45.0 Å². The Morgan fingerprint density at radius 2 is 1.76 bits per heavy atom. The number of carbonyl (C=O) groups is 2. The highest BCUT2D eigenvalue weighted by Gasteiger charge is 2.32. The Labute approximate surface area is 195 Å². The average Bonchev–Trinajstić information content (AvgIpc) is 2.77. The van der Waals surface area contributed by atoms with E-state index in [9.17, 15) is 18.0 Å². The van der Waals surface area contributed by atoms with Crippen molar-refractivity contribution in [2.45, 2.75) is 45.6 Å². The third-order valence-electron chi connectivity index (χ3n) is 5.43. The van der Waals surface area contributed by atoms with Crippen molar-refractivity contribution >= 4 is 33.2 Å². The van der Waals surface area contributed by atoms with E-state index in [4.69, 9.17) is 4.74 Å². The van der Waals surface area contributed by atoms with Gasteiger partial charge in [0.05, 0.1) is 10.6 Å². The topological polar surface area (TPSA) is 96.0 Å². The number of sulfonamides is 1. The number of nitrogens with zero attached hydrogens (tertiary/aromatic N) is 2. The number of hydrogen-bond donors (Lipinski definition) is 1. The van der Waals surface area contributed by atoms with E-state index in [1.54, 1.807) is 43.9 Å². The third kappa shape index (κ3) is 5.20. The smallest absolute Gasteiger partial charge is 0.267 e. The normalized spacial score (nSPS) is 16.0. The Bertz CT molecular complexity index is 1130. The van der Waals surface area contributed by atoms with Crippen molar-refractivity contribution in [2.75, 3.05) is 29.9 Å². The lowest BCUT2D eigenvalue weighted by molar-refractivity contribution is -0.125. The Hall–Kier alpha value is -2.91. The van der Waals surface area contributed by atoms with Crippen LogP contribution in [-0.4, -0.2) is 50.3 Å². The summed E-state index contributed by atoms with van der Waals surface area (Å²) in [6.07, 6.45) is -0.609. The zero-order valence-corrected chi connectivity index (χ0v) is 20.5. The molecule has 1 aliphatic rings. The van der Waals surface area contributed by atoms with E-state index in [0.717, 1.165) is 0 Å². The van der Waals surface area contributed by atoms with Gasteiger partial charge in [-0.1, -0.05) is 27.7 Å². The third-order valence-corrected chi connectivity index (χ3v) is 7.50. The largest absolute Gasteiger partial charge is 0.479 e. The fourth-order valence-corrected chi connectivity index (χ4v) is 5.19. The highest BCUT2D eigenvalue weighted by atomic mass is 32.2. The van der Waals surface area contributed by atoms with E-state index in [0.29, 0.717) is 48.2 Å². The molecule has 0 aliphatic carbocycles. The molecule has 0 spiro atoms. The van der Waals surface area contributed by atoms with Crippen LogP contribution in [0.15, 0.2) is 47.4 Å². The van der Waals surface area contributed by atoms with E-state index in [1.807, 2.05) is 13.8 Å². The first-order valence-corrected chi connectivity index (χ1v) is 12.6. The Balaban J connectivity index is 1.79. The predicted octanol–water partition coefficient (Wildman–Crippen LogP) is 3.74. The molecule has 178 valence electrons. The Kier molecular flexibility index (Phi) is 7.44. The molecule has 3 rings (SSSR count). The van der Waals surface area contributed by atoms with E-state index in [2.05, 4.69) is 5.32 Å². The molecule has 2 aromatic carbocycles. The summed E-state index contributed by atoms with van der Waals surface area (Å²) in [5.41, 5.74) is 1.53. The maximum Gasteiger partial charge on any atom is 0.267 e. The van der Waals surface area contributed by atoms with Crippen molar-refractivity contribution in [2.24, 2.45) is 5.92 Å². The van der Waals surface area contributed by atoms with Gasteiger partial charge in [0, 0.05) is 37.0 Å². The number of amides is 2. The summed E-state index contributed by atoms with van der Waals surface area (Å²) in [5.74, 6) is 0.356. The molecule has 0 saturated carbocycles. The quantitative estimate of drug-likeness (QED) is 0.630. The molecular formula is C24H31N3O5S. The van der Waals surface area contributed by atoms with E-state index >= 15 is 0 Å². The van der Waals surface area contributed by atoms with Gasteiger partial charge < -0.3 is 15.0 Å². The monoisotopic (exact) mass is 473 g/mol. The van der Waals surface area contributed by atoms with Crippen LogP contribution in [0, 0.1) is 5.92 Å². The molecule has 1 unspecified atom stereocenters. The highest BCUT2D eigenvalue weighted by Crippen LogP contribution is 2.36. The molecule has 0 saturated heterocycles. The van der Waals surface area contributed by atoms with Gasteiger partial charge in [0.2, 0.25) is 10.0 Å². The van der Waals surface area contributed by atoms with Crippen LogP contribution in [0.5, 0.6) is 5.75 Å². The van der Waals surface area contributed by atoms with Crippen molar-refractivity contribution in [3.8, 4) is 5.75 Å². The first kappa shape index (κ1) is 24.7. The molecule has 1 aliphatic heterocycles. The van der Waals surface area contributed by atoms with Gasteiger partial charge in [-0.25, -0.2) is 8.42 Å². The molecule has 2 amide bonds. The van der Waals surface area contributed by atoms with Crippen molar-refractivity contribution in [1.29, 1.82) is 0 Å². The first-order chi connectivity index (χ1) is 15.6. The van der Waals surface area contributed by atoms with Crippen molar-refractivity contribution in [3.63, 3.8) is 0 Å². The molecular weight excluding hydrogens is 442 g/mol. The molecule has 1 atom stereocenters. The number of hydrogen-bond acceptors (Lipinski definition) is 5. The van der Waals surface area contributed by atoms with Gasteiger partial charge in [0.1, 0.15) is 5.75 Å². The van der Waals surface area contributed by atoms with Crippen LogP contribution in [-0.2, 0) is 14.8 Å². The summed E-state index contributed by atoms with van der Waals surface area (Å²) in [5, 5.41) is 2.81. The highest BCUT2D eigenvalue weighted by molar-refractivity contribution is 7.89. The van der Waals surface area contributed by atoms with E-state index in [1.165, 1.54) is 28.6 Å². The number of anilines is 2. The molecule has 8 nitrogen and oxygen atoms in total. The molecule has 0 radical (unpaired) electrons. The van der Waals surface area contributed by atoms with Gasteiger partial charge in [-0.15, -0.1) is 0 Å². The molecule has 9 heteroatoms. The molecule has 0 aromatic heterocycles. The predicted molar refractivity (Wildman–Crippen MR) is 128 cm³/mol. The summed E-state index contributed by atoms with van der Waals surface area (Å²) < 4.78 is 32.4. The Morgan fingerprint density at radius 1 is 1.12 bits per heavy atom. The summed E-state index contributed by atoms with van der Waals surface area (Å²) >= 11 is 0. The summed E-state index contributed by atoms with van der Waals surface area (Å²) in [7, 11) is -3.58. The number of rotatable bonds is 8. The van der Waals surface area contributed by atoms with E-state index in [-0.39, 0.29) is 16.7 Å². The zero-order chi connectivity index (χ0) is 24.3. The van der Waals surface area contributed by atoms with Gasteiger partial charge >= 0.3 is 0 Å². The van der Waals surface area contributed by atoms with Crippen LogP contribution < -0.4 is 15.0 Å². The molecule has 33 heavy (non-hydrogen) atoms. The first-order valence-electron chi connectivity index (χ1n) is 11.1. The fourth-order valence-electron chi connectivity index (χ4n) is 3.74. The standard InChI is InChI=1S/C24H31N3O5S/c1-6-26(7-2)33(30,31)20-11-8-18(9-12-20)23(28)25-19-10-13-21-22(14-19)32-17(5)24(29)27(21)15-16(3)4/h8-14,16-17H,6-7,15H2,1-5H3,(H,25,28). The van der Waals surface area contributed by atoms with Crippen molar-refractivity contribution in [1.82, 2.24) is 4.31 Å². The Morgan fingerprint density at radius 3 is 2.33 bits per heavy atom. The number of nitrogens with one attached hydrogen (secondary N) is 1. The van der Waals surface area contributed by atoms with Gasteiger partial charge in [-0.3, -0.25) is 9.59 Å². The van der Waals surface area contributed by atoms with Crippen LogP contribution in [0.25, 0.3) is 0 Å². The second kappa shape index (κ2) is 9.93. The molecule has 0 bridgehead atoms. The molecule has 2 aromatic rings.